The fourth-order valence-corrected chi connectivity index (χ4v) is 0. The van der Waals surface area contributed by atoms with Gasteiger partial charge in [0.1, 0.15) is 0 Å². The Bertz CT molecular complexity index is 92.8. The minimum Gasteiger partial charge on any atom is -0.167 e. The zero-order valence-electron chi connectivity index (χ0n) is 2.31. The Labute approximate surface area is 35.2 Å². The lowest BCUT2D eigenvalue weighted by Crippen LogP contribution is -1.71. The molecule has 0 saturated carbocycles. The zero-order valence-corrected chi connectivity index (χ0v) is 3.88. The lowest BCUT2D eigenvalue weighted by molar-refractivity contribution is 0.617. The quantitative estimate of drug-likeness (QED) is 0.336. The van der Waals surface area contributed by atoms with Crippen LogP contribution in [-0.4, -0.2) is 8.42 Å². The lowest BCUT2D eigenvalue weighted by atomic mass is 12.0. The van der Waals surface area contributed by atoms with E-state index < -0.39 is 9.05 Å². The van der Waals surface area contributed by atoms with Gasteiger partial charge in [-0.05, 0) is 0 Å². The van der Waals surface area contributed by atoms with Gasteiger partial charge in [0.15, 0.2) is 0 Å². The highest BCUT2D eigenvalue weighted by Crippen LogP contribution is 1.87. The molecule has 4 heteroatoms. The number of hydrogen-bond acceptors (Lipinski definition) is 2. The van der Waals surface area contributed by atoms with E-state index in [-0.39, 0.29) is 0 Å². The first kappa shape index (κ1) is 5.11. The van der Waals surface area contributed by atoms with Crippen molar-refractivity contribution in [1.29, 1.82) is 0 Å². The summed E-state index contributed by atoms with van der Waals surface area (Å²) in [7, 11) is 0.947. The van der Waals surface area contributed by atoms with E-state index in [4.69, 9.17) is 0 Å². The van der Waals surface area contributed by atoms with Crippen LogP contribution in [0.25, 0.3) is 0 Å². The first-order valence-electron chi connectivity index (χ1n) is 0.776. The second-order valence-corrected chi connectivity index (χ2v) is 3.03. The molecule has 0 bridgehead atoms. The molecule has 0 aliphatic carbocycles. The van der Waals surface area contributed by atoms with Crippen molar-refractivity contribution < 1.29 is 8.42 Å². The fourth-order valence-electron chi connectivity index (χ4n) is 0. The van der Waals surface area contributed by atoms with Crippen molar-refractivity contribution >= 4 is 19.7 Å². The van der Waals surface area contributed by atoms with Crippen LogP contribution in [-0.2, 0) is 9.05 Å². The molecule has 5 heavy (non-hydrogen) atoms. The summed E-state index contributed by atoms with van der Waals surface area (Å²) in [5.41, 5.74) is 0. The van der Waals surface area contributed by atoms with Crippen molar-refractivity contribution in [3.63, 3.8) is 0 Å². The van der Waals surface area contributed by atoms with Gasteiger partial charge < -0.3 is 0 Å². The zero-order chi connectivity index (χ0) is 4.50. The van der Waals surface area contributed by atoms with E-state index in [1.54, 1.807) is 0 Å². The minimum absolute atomic E-state index is 2.51. The van der Waals surface area contributed by atoms with Gasteiger partial charge in [0.05, 0.1) is 10.7 Å². The summed E-state index contributed by atoms with van der Waals surface area (Å²) in [5, 5.41) is 0. The number of rotatable bonds is 0. The van der Waals surface area contributed by atoms with E-state index in [0.717, 1.165) is 0 Å². The van der Waals surface area contributed by atoms with Crippen molar-refractivity contribution in [3.8, 4) is 0 Å². The molecule has 0 aromatic carbocycles. The molecule has 0 saturated heterocycles. The average molecular weight is 114 g/mol. The van der Waals surface area contributed by atoms with Crippen LogP contribution in [0.1, 0.15) is 0 Å². The normalized spacial score (nSPS) is 11.4. The predicted molar refractivity (Wildman–Crippen MR) is 20.1 cm³/mol. The maximum absolute atomic E-state index is 9.29. The van der Waals surface area contributed by atoms with Crippen LogP contribution in [0.3, 0.4) is 0 Å². The van der Waals surface area contributed by atoms with Crippen molar-refractivity contribution in [1.82, 2.24) is 0 Å². The Balaban J connectivity index is 4.06. The molecule has 30 valence electrons. The van der Waals surface area contributed by atoms with E-state index >= 15 is 0 Å². The maximum Gasteiger partial charge on any atom is 0.377 e. The summed E-state index contributed by atoms with van der Waals surface area (Å²) in [5.74, 6) is 0. The van der Waals surface area contributed by atoms with Crippen molar-refractivity contribution in [2.24, 2.45) is 0 Å². The second-order valence-electron chi connectivity index (χ2n) is 0.539. The third-order valence-electron chi connectivity index (χ3n) is 0. The molecule has 0 unspecified atom stereocenters. The summed E-state index contributed by atoms with van der Waals surface area (Å²) in [6, 6.07) is 0. The Kier molecular flexibility index (Phi) is 1.09. The number of halogens is 1. The third-order valence-corrected chi connectivity index (χ3v) is 0. The van der Waals surface area contributed by atoms with Gasteiger partial charge in [-0.15, -0.1) is 0 Å². The van der Waals surface area contributed by atoms with Crippen molar-refractivity contribution in [2.45, 2.75) is 0 Å². The average Bonchev–Trinajstić information content (AvgIpc) is 0.722. The highest BCUT2D eigenvalue weighted by molar-refractivity contribution is 8.14. The number of hydrogen-bond donors (Lipinski definition) is 0. The lowest BCUT2D eigenvalue weighted by Gasteiger charge is -1.54. The van der Waals surface area contributed by atoms with Crippen LogP contribution in [0.2, 0.25) is 0 Å². The van der Waals surface area contributed by atoms with Gasteiger partial charge in [-0.3, -0.25) is 0 Å². The molecule has 0 radical (unpaired) electrons. The van der Waals surface area contributed by atoms with E-state index in [0.29, 0.717) is 0 Å². The molecule has 0 aromatic rings. The molecule has 0 fully saturated rings. The molecule has 0 N–H and O–H groups in total. The molecule has 0 amide bonds. The molecule has 0 aliphatic heterocycles. The molecule has 0 aliphatic rings. The van der Waals surface area contributed by atoms with Crippen molar-refractivity contribution in [2.75, 3.05) is 0 Å². The van der Waals surface area contributed by atoms with Crippen LogP contribution in [0.5, 0.6) is 0 Å². The van der Waals surface area contributed by atoms with Crippen LogP contribution < -0.4 is 0 Å². The van der Waals surface area contributed by atoms with Gasteiger partial charge in [0.2, 0.25) is 6.26 Å². The summed E-state index contributed by atoms with van der Waals surface area (Å²) in [6.45, 7) is 0. The van der Waals surface area contributed by atoms with Crippen LogP contribution in [0.15, 0.2) is 0 Å². The van der Waals surface area contributed by atoms with Crippen LogP contribution in [0.4, 0.5) is 0 Å². The molecule has 0 heterocycles. The Hall–Kier alpha value is 0.110. The smallest absolute Gasteiger partial charge is 0.167 e. The molecule has 0 atom stereocenters. The van der Waals surface area contributed by atoms with E-state index in [1.165, 1.54) is 0 Å². The van der Waals surface area contributed by atoms with Crippen LogP contribution in [0, 0.1) is 6.26 Å². The highest BCUT2D eigenvalue weighted by Gasteiger charge is 1.95. The van der Waals surface area contributed by atoms with Gasteiger partial charge in [-0.2, -0.15) is 8.42 Å². The molecule has 0 spiro atoms. The molecular formula is CH2ClO2S+. The fraction of sp³-hybridized carbons (Fsp3) is 0. The van der Waals surface area contributed by atoms with E-state index in [2.05, 4.69) is 16.9 Å². The van der Waals surface area contributed by atoms with Gasteiger partial charge in [0.25, 0.3) is 0 Å². The molecular weight excluding hydrogens is 112 g/mol. The summed E-state index contributed by atoms with van der Waals surface area (Å²) < 4.78 is 18.6. The Morgan fingerprint density at radius 1 is 1.60 bits per heavy atom. The monoisotopic (exact) mass is 113 g/mol. The maximum atomic E-state index is 9.29. The largest absolute Gasteiger partial charge is 0.377 e. The SMILES string of the molecule is [CH2+]S(=O)(=O)Cl. The first-order chi connectivity index (χ1) is 2.00. The minimum atomic E-state index is -3.44. The van der Waals surface area contributed by atoms with Gasteiger partial charge in [-0.25, -0.2) is 0 Å². The summed E-state index contributed by atoms with van der Waals surface area (Å²) in [6.07, 6.45) is 2.51. The Morgan fingerprint density at radius 3 is 1.60 bits per heavy atom. The predicted octanol–water partition coefficient (Wildman–Crippen LogP) is 0.347. The molecule has 0 aromatic heterocycles. The Morgan fingerprint density at radius 2 is 1.60 bits per heavy atom. The standard InChI is InChI=1S/CH2ClO2S/c1-5(2,3)4/h1H2/q+1. The third kappa shape index (κ3) is 1510. The topological polar surface area (TPSA) is 34.1 Å². The molecule has 2 nitrogen and oxygen atoms in total. The van der Waals surface area contributed by atoms with Gasteiger partial charge in [-0.1, -0.05) is 0 Å². The van der Waals surface area contributed by atoms with Gasteiger partial charge >= 0.3 is 9.05 Å². The van der Waals surface area contributed by atoms with Crippen LogP contribution >= 0.6 is 10.7 Å². The second kappa shape index (κ2) is 1.06. The first-order valence-corrected chi connectivity index (χ1v) is 3.25. The summed E-state index contributed by atoms with van der Waals surface area (Å²) in [4.78, 5) is 0. The highest BCUT2D eigenvalue weighted by atomic mass is 35.7. The molecule has 0 rings (SSSR count). The van der Waals surface area contributed by atoms with E-state index in [1.807, 2.05) is 0 Å². The van der Waals surface area contributed by atoms with Crippen molar-refractivity contribution in [3.05, 3.63) is 6.26 Å². The van der Waals surface area contributed by atoms with Gasteiger partial charge in [0, 0.05) is 0 Å². The van der Waals surface area contributed by atoms with E-state index in [9.17, 15) is 8.42 Å². The summed E-state index contributed by atoms with van der Waals surface area (Å²) >= 11 is 0.